The van der Waals surface area contributed by atoms with Crippen LogP contribution < -0.4 is 10.7 Å². The van der Waals surface area contributed by atoms with Gasteiger partial charge in [-0.2, -0.15) is 0 Å². The fourth-order valence-electron chi connectivity index (χ4n) is 4.60. The fraction of sp³-hybridized carbons (Fsp3) is 0.379. The Balaban J connectivity index is 1.58. The standard InChI is InChI=1S/C29H35NO/c1-21(2)10-9-11-22(3)16-17-24-18-19-27(31-20-23-12-5-4-6-13-23)29-28(24)25-14-7-8-15-26(25)30-29/h4-6,10,12-13,15-16,18-19,24,30H,7-9,11,14,17,20H2,1-3H3. The molecule has 0 amide bonds. The molecule has 1 atom stereocenters. The van der Waals surface area contributed by atoms with E-state index in [2.05, 4.69) is 80.4 Å². The van der Waals surface area contributed by atoms with E-state index in [1.54, 1.807) is 0 Å². The maximum Gasteiger partial charge on any atom is 0.143 e. The van der Waals surface area contributed by atoms with Crippen molar-refractivity contribution in [3.63, 3.8) is 0 Å². The molecule has 4 rings (SSSR count). The molecule has 1 aromatic heterocycles. The summed E-state index contributed by atoms with van der Waals surface area (Å²) in [6.45, 7) is 7.22. The predicted octanol–water partition coefficient (Wildman–Crippen LogP) is 6.19. The summed E-state index contributed by atoms with van der Waals surface area (Å²) in [5.74, 6) is 1.39. The molecule has 0 spiro atoms. The second kappa shape index (κ2) is 10.0. The molecule has 1 unspecified atom stereocenters. The van der Waals surface area contributed by atoms with Gasteiger partial charge in [0.05, 0.1) is 5.35 Å². The first kappa shape index (κ1) is 21.5. The Bertz CT molecular complexity index is 1110. The van der Waals surface area contributed by atoms with Crippen molar-refractivity contribution in [2.45, 2.75) is 71.8 Å². The van der Waals surface area contributed by atoms with Crippen molar-refractivity contribution in [3.05, 3.63) is 93.2 Å². The fourth-order valence-corrected chi connectivity index (χ4v) is 4.60. The Morgan fingerprint density at radius 1 is 1.13 bits per heavy atom. The van der Waals surface area contributed by atoms with Crippen LogP contribution in [0.5, 0.6) is 0 Å². The molecule has 0 fully saturated rings. The summed E-state index contributed by atoms with van der Waals surface area (Å²) in [5, 5.41) is 2.51. The monoisotopic (exact) mass is 413 g/mol. The van der Waals surface area contributed by atoms with Crippen LogP contribution in [-0.2, 0) is 17.8 Å². The molecule has 0 bridgehead atoms. The molecule has 162 valence electrons. The lowest BCUT2D eigenvalue weighted by molar-refractivity contribution is 0.262. The average Bonchev–Trinajstić information content (AvgIpc) is 3.17. The summed E-state index contributed by atoms with van der Waals surface area (Å²) in [5.41, 5.74) is 7.06. The number of hydrogen-bond acceptors (Lipinski definition) is 1. The largest absolute Gasteiger partial charge is 0.487 e. The van der Waals surface area contributed by atoms with Crippen molar-refractivity contribution in [1.29, 1.82) is 0 Å². The van der Waals surface area contributed by atoms with Crippen molar-refractivity contribution < 1.29 is 4.74 Å². The van der Waals surface area contributed by atoms with Gasteiger partial charge in [0.25, 0.3) is 0 Å². The Morgan fingerprint density at radius 2 is 1.97 bits per heavy atom. The predicted molar refractivity (Wildman–Crippen MR) is 131 cm³/mol. The molecule has 2 aliphatic carbocycles. The molecule has 0 saturated heterocycles. The second-order valence-electron chi connectivity index (χ2n) is 9.11. The molecular weight excluding hydrogens is 378 g/mol. The lowest BCUT2D eigenvalue weighted by Gasteiger charge is -2.19. The number of benzene rings is 1. The highest BCUT2D eigenvalue weighted by molar-refractivity contribution is 5.57. The highest BCUT2D eigenvalue weighted by Gasteiger charge is 2.23. The topological polar surface area (TPSA) is 25.0 Å². The van der Waals surface area contributed by atoms with Crippen LogP contribution in [0.15, 0.2) is 65.8 Å². The smallest absolute Gasteiger partial charge is 0.143 e. The van der Waals surface area contributed by atoms with Crippen LogP contribution in [0.4, 0.5) is 0 Å². The molecule has 2 aromatic rings. The van der Waals surface area contributed by atoms with Crippen molar-refractivity contribution in [2.24, 2.45) is 0 Å². The summed E-state index contributed by atoms with van der Waals surface area (Å²) in [6, 6.07) is 10.4. The molecule has 2 aliphatic rings. The number of allylic oxidation sites excluding steroid dienone is 5. The summed E-state index contributed by atoms with van der Waals surface area (Å²) < 4.78 is 6.29. The van der Waals surface area contributed by atoms with Gasteiger partial charge in [0.1, 0.15) is 12.4 Å². The van der Waals surface area contributed by atoms with E-state index in [-0.39, 0.29) is 0 Å². The van der Waals surface area contributed by atoms with E-state index in [1.165, 1.54) is 45.0 Å². The minimum atomic E-state index is 0.420. The molecule has 0 saturated carbocycles. The Labute approximate surface area is 186 Å². The minimum absolute atomic E-state index is 0.420. The van der Waals surface area contributed by atoms with Gasteiger partial charge in [0.2, 0.25) is 0 Å². The van der Waals surface area contributed by atoms with Crippen molar-refractivity contribution in [2.75, 3.05) is 0 Å². The number of rotatable bonds is 8. The second-order valence-corrected chi connectivity index (χ2v) is 9.11. The van der Waals surface area contributed by atoms with Gasteiger partial charge in [-0.05, 0) is 82.1 Å². The summed E-state index contributed by atoms with van der Waals surface area (Å²) in [4.78, 5) is 3.71. The zero-order valence-electron chi connectivity index (χ0n) is 19.2. The van der Waals surface area contributed by atoms with Crippen molar-refractivity contribution in [3.8, 4) is 0 Å². The van der Waals surface area contributed by atoms with Crippen LogP contribution >= 0.6 is 0 Å². The van der Waals surface area contributed by atoms with E-state index in [1.807, 2.05) is 6.07 Å². The van der Waals surface area contributed by atoms with Gasteiger partial charge < -0.3 is 9.72 Å². The van der Waals surface area contributed by atoms with Gasteiger partial charge in [-0.3, -0.25) is 0 Å². The van der Waals surface area contributed by atoms with Crippen LogP contribution in [0, 0.1) is 0 Å². The van der Waals surface area contributed by atoms with E-state index >= 15 is 0 Å². The lowest BCUT2D eigenvalue weighted by Crippen LogP contribution is -2.20. The maximum absolute atomic E-state index is 6.29. The highest BCUT2D eigenvalue weighted by atomic mass is 16.5. The summed E-state index contributed by atoms with van der Waals surface area (Å²) in [7, 11) is 0. The van der Waals surface area contributed by atoms with E-state index in [4.69, 9.17) is 4.74 Å². The normalized spacial score (nSPS) is 17.6. The van der Waals surface area contributed by atoms with Crippen LogP contribution in [0.25, 0.3) is 11.8 Å². The van der Waals surface area contributed by atoms with Crippen molar-refractivity contribution in [1.82, 2.24) is 4.98 Å². The van der Waals surface area contributed by atoms with E-state index < -0.39 is 0 Å². The van der Waals surface area contributed by atoms with E-state index in [0.29, 0.717) is 12.5 Å². The lowest BCUT2D eigenvalue weighted by atomic mass is 9.86. The number of fused-ring (bicyclic) bond motifs is 3. The SMILES string of the molecule is CC(C)=CCCC(C)=CCC1C=CC(OCc2ccccc2)=c2[nH]c3c(c21)CCCC=3. The highest BCUT2D eigenvalue weighted by Crippen LogP contribution is 2.28. The minimum Gasteiger partial charge on any atom is -0.487 e. The maximum atomic E-state index is 6.29. The third-order valence-corrected chi connectivity index (χ3v) is 6.30. The number of aromatic amines is 1. The first-order valence-corrected chi connectivity index (χ1v) is 11.7. The van der Waals surface area contributed by atoms with Crippen LogP contribution in [0.3, 0.4) is 0 Å². The number of nitrogens with one attached hydrogen (secondary N) is 1. The summed E-state index contributed by atoms with van der Waals surface area (Å²) >= 11 is 0. The van der Waals surface area contributed by atoms with Crippen molar-refractivity contribution >= 4 is 11.8 Å². The van der Waals surface area contributed by atoms with Gasteiger partial charge in [-0.25, -0.2) is 0 Å². The van der Waals surface area contributed by atoms with Gasteiger partial charge in [-0.1, -0.05) is 65.8 Å². The number of H-pyrrole nitrogens is 1. The number of aromatic nitrogens is 1. The van der Waals surface area contributed by atoms with Crippen LogP contribution in [-0.4, -0.2) is 4.98 Å². The number of hydrogen-bond donors (Lipinski definition) is 1. The Hall–Kier alpha value is -2.74. The molecule has 2 heteroatoms. The molecule has 0 aliphatic heterocycles. The van der Waals surface area contributed by atoms with Crippen LogP contribution in [0.1, 0.15) is 75.5 Å². The molecule has 2 nitrogen and oxygen atoms in total. The van der Waals surface area contributed by atoms with Gasteiger partial charge in [0, 0.05) is 11.3 Å². The third-order valence-electron chi connectivity index (χ3n) is 6.30. The zero-order chi connectivity index (χ0) is 21.6. The quantitative estimate of drug-likeness (QED) is 0.513. The summed E-state index contributed by atoms with van der Waals surface area (Å²) in [6.07, 6.45) is 18.6. The van der Waals surface area contributed by atoms with Gasteiger partial charge in [0.15, 0.2) is 0 Å². The zero-order valence-corrected chi connectivity index (χ0v) is 19.2. The first-order valence-electron chi connectivity index (χ1n) is 11.7. The molecule has 0 radical (unpaired) electrons. The molecule has 1 heterocycles. The molecule has 1 aromatic carbocycles. The number of ether oxygens (including phenoxy) is 1. The Morgan fingerprint density at radius 3 is 2.77 bits per heavy atom. The molecule has 1 N–H and O–H groups in total. The van der Waals surface area contributed by atoms with E-state index in [0.717, 1.165) is 37.9 Å². The third kappa shape index (κ3) is 5.31. The van der Waals surface area contributed by atoms with Gasteiger partial charge in [-0.15, -0.1) is 0 Å². The molecule has 31 heavy (non-hydrogen) atoms. The average molecular weight is 414 g/mol. The first-order chi connectivity index (χ1) is 15.1. The van der Waals surface area contributed by atoms with Gasteiger partial charge >= 0.3 is 0 Å². The van der Waals surface area contributed by atoms with E-state index in [9.17, 15) is 0 Å². The Kier molecular flexibility index (Phi) is 6.96. The molecular formula is C29H35NO. The van der Waals surface area contributed by atoms with Crippen LogP contribution in [0.2, 0.25) is 0 Å².